The van der Waals surface area contributed by atoms with Crippen molar-refractivity contribution in [1.82, 2.24) is 5.32 Å². The molecule has 6 heteroatoms. The Balaban J connectivity index is 2.83. The molecule has 1 aliphatic rings. The number of hydrogen-bond donors (Lipinski definition) is 1. The molecule has 6 nitrogen and oxygen atoms in total. The molecule has 0 aromatic carbocycles. The molecular formula is C16H29NO5. The van der Waals surface area contributed by atoms with Gasteiger partial charge in [-0.2, -0.15) is 0 Å². The van der Waals surface area contributed by atoms with Crippen LogP contribution in [-0.4, -0.2) is 43.0 Å². The van der Waals surface area contributed by atoms with Crippen molar-refractivity contribution in [3.05, 3.63) is 0 Å². The van der Waals surface area contributed by atoms with E-state index in [1.807, 2.05) is 27.7 Å². The molecule has 1 unspecified atom stereocenters. The molecule has 0 aromatic heterocycles. The van der Waals surface area contributed by atoms with Gasteiger partial charge in [-0.25, -0.2) is 0 Å². The lowest BCUT2D eigenvalue weighted by Gasteiger charge is -2.45. The maximum atomic E-state index is 11.8. The molecule has 0 bridgehead atoms. The minimum absolute atomic E-state index is 0.0246. The second kappa shape index (κ2) is 8.48. The van der Waals surface area contributed by atoms with Crippen LogP contribution in [0.4, 0.5) is 0 Å². The molecule has 1 aliphatic heterocycles. The van der Waals surface area contributed by atoms with Crippen molar-refractivity contribution in [3.63, 3.8) is 0 Å². The van der Waals surface area contributed by atoms with Crippen molar-refractivity contribution in [2.24, 2.45) is 11.8 Å². The van der Waals surface area contributed by atoms with Gasteiger partial charge in [0.1, 0.15) is 6.61 Å². The molecule has 22 heavy (non-hydrogen) atoms. The average molecular weight is 315 g/mol. The third-order valence-corrected chi connectivity index (χ3v) is 4.09. The van der Waals surface area contributed by atoms with Crippen molar-refractivity contribution in [2.75, 3.05) is 6.61 Å². The Morgan fingerprint density at radius 1 is 1.23 bits per heavy atom. The Morgan fingerprint density at radius 2 is 1.86 bits per heavy atom. The van der Waals surface area contributed by atoms with E-state index in [2.05, 4.69) is 12.2 Å². The Kier molecular flexibility index (Phi) is 7.29. The highest BCUT2D eigenvalue weighted by atomic mass is 16.7. The molecule has 128 valence electrons. The van der Waals surface area contributed by atoms with Gasteiger partial charge in [0.25, 0.3) is 0 Å². The Bertz CT molecular complexity index is 385. The molecule has 0 saturated carbocycles. The normalized spacial score (nSPS) is 31.9. The molecule has 0 aromatic rings. The molecule has 5 atom stereocenters. The van der Waals surface area contributed by atoms with Crippen LogP contribution in [0.5, 0.6) is 0 Å². The van der Waals surface area contributed by atoms with Crippen molar-refractivity contribution >= 4 is 11.9 Å². The zero-order valence-corrected chi connectivity index (χ0v) is 14.4. The summed E-state index contributed by atoms with van der Waals surface area (Å²) in [6, 6.07) is -0.210. The lowest BCUT2D eigenvalue weighted by Crippen LogP contribution is -2.59. The van der Waals surface area contributed by atoms with Crippen LogP contribution < -0.4 is 5.32 Å². The summed E-state index contributed by atoms with van der Waals surface area (Å²) in [5.41, 5.74) is 0. The number of carbonyl (C=O) groups is 2. The largest absolute Gasteiger partial charge is 0.463 e. The van der Waals surface area contributed by atoms with E-state index in [0.717, 1.165) is 0 Å². The first kappa shape index (κ1) is 18.9. The molecule has 1 fully saturated rings. The Labute approximate surface area is 132 Å². The quantitative estimate of drug-likeness (QED) is 0.757. The topological polar surface area (TPSA) is 73.9 Å². The van der Waals surface area contributed by atoms with Gasteiger partial charge in [-0.3, -0.25) is 9.59 Å². The molecule has 1 amide bonds. The summed E-state index contributed by atoms with van der Waals surface area (Å²) in [5, 5.41) is 2.99. The van der Waals surface area contributed by atoms with Gasteiger partial charge in [0.2, 0.25) is 5.91 Å². The number of nitrogens with one attached hydrogen (secondary N) is 1. The van der Waals surface area contributed by atoms with E-state index in [-0.39, 0.29) is 48.6 Å². The van der Waals surface area contributed by atoms with Crippen LogP contribution in [0.25, 0.3) is 0 Å². The highest BCUT2D eigenvalue weighted by Gasteiger charge is 2.43. The zero-order chi connectivity index (χ0) is 16.9. The molecule has 1 rings (SSSR count). The second-order valence-corrected chi connectivity index (χ2v) is 6.20. The summed E-state index contributed by atoms with van der Waals surface area (Å²) in [5.74, 6) is -0.0725. The van der Waals surface area contributed by atoms with Crippen LogP contribution in [0, 0.1) is 11.8 Å². The van der Waals surface area contributed by atoms with E-state index >= 15 is 0 Å². The second-order valence-electron chi connectivity index (χ2n) is 6.20. The van der Waals surface area contributed by atoms with Crippen LogP contribution in [0.3, 0.4) is 0 Å². The van der Waals surface area contributed by atoms with Gasteiger partial charge in [0.05, 0.1) is 18.2 Å². The predicted octanol–water partition coefficient (Wildman–Crippen LogP) is 1.87. The first-order valence-electron chi connectivity index (χ1n) is 7.99. The summed E-state index contributed by atoms with van der Waals surface area (Å²) < 4.78 is 16.9. The smallest absolute Gasteiger partial charge is 0.302 e. The van der Waals surface area contributed by atoms with E-state index in [0.29, 0.717) is 6.42 Å². The monoisotopic (exact) mass is 315 g/mol. The van der Waals surface area contributed by atoms with E-state index in [4.69, 9.17) is 14.2 Å². The molecule has 1 heterocycles. The minimum Gasteiger partial charge on any atom is -0.463 e. The lowest BCUT2D eigenvalue weighted by atomic mass is 9.82. The third kappa shape index (κ3) is 5.25. The van der Waals surface area contributed by atoms with E-state index < -0.39 is 6.29 Å². The molecule has 1 saturated heterocycles. The van der Waals surface area contributed by atoms with Crippen LogP contribution in [0.15, 0.2) is 0 Å². The first-order valence-corrected chi connectivity index (χ1v) is 7.99. The fraction of sp³-hybridized carbons (Fsp3) is 0.875. The van der Waals surface area contributed by atoms with Gasteiger partial charge in [0.15, 0.2) is 6.29 Å². The fourth-order valence-electron chi connectivity index (χ4n) is 2.56. The summed E-state index contributed by atoms with van der Waals surface area (Å²) in [6.07, 6.45) is -0.385. The minimum atomic E-state index is -0.540. The van der Waals surface area contributed by atoms with Crippen LogP contribution in [0.1, 0.15) is 48.0 Å². The van der Waals surface area contributed by atoms with Crippen LogP contribution in [-0.2, 0) is 23.8 Å². The summed E-state index contributed by atoms with van der Waals surface area (Å²) in [7, 11) is 0. The van der Waals surface area contributed by atoms with Crippen LogP contribution in [0.2, 0.25) is 0 Å². The van der Waals surface area contributed by atoms with E-state index in [9.17, 15) is 9.59 Å². The number of carbonyl (C=O) groups excluding carboxylic acids is 2. The summed E-state index contributed by atoms with van der Waals surface area (Å²) in [4.78, 5) is 22.8. The van der Waals surface area contributed by atoms with Gasteiger partial charge in [0, 0.05) is 13.3 Å². The zero-order valence-electron chi connectivity index (χ0n) is 14.4. The van der Waals surface area contributed by atoms with Gasteiger partial charge in [-0.1, -0.05) is 20.8 Å². The SMILES string of the molecule is CCC(=O)N[C@H]1C(OC(C)C)O[C@H](COC(C)=O)[C@H](C)[C@@H]1C. The molecular weight excluding hydrogens is 286 g/mol. The highest BCUT2D eigenvalue weighted by Crippen LogP contribution is 2.32. The molecule has 0 spiro atoms. The maximum Gasteiger partial charge on any atom is 0.302 e. The van der Waals surface area contributed by atoms with Gasteiger partial charge in [-0.15, -0.1) is 0 Å². The molecule has 0 radical (unpaired) electrons. The van der Waals surface area contributed by atoms with Crippen molar-refractivity contribution < 1.29 is 23.8 Å². The molecule has 0 aliphatic carbocycles. The number of hydrogen-bond acceptors (Lipinski definition) is 5. The summed E-state index contributed by atoms with van der Waals surface area (Å²) in [6.45, 7) is 11.3. The number of ether oxygens (including phenoxy) is 3. The van der Waals surface area contributed by atoms with Gasteiger partial charge < -0.3 is 19.5 Å². The highest BCUT2D eigenvalue weighted by molar-refractivity contribution is 5.75. The van der Waals surface area contributed by atoms with Crippen molar-refractivity contribution in [1.29, 1.82) is 0 Å². The fourth-order valence-corrected chi connectivity index (χ4v) is 2.56. The standard InChI is InChI=1S/C16H29NO5/c1-7-14(19)17-15-11(5)10(4)13(8-20-12(6)18)22-16(15)21-9(2)3/h9-11,13,15-16H,7-8H2,1-6H3,(H,17,19)/t10-,11+,13-,15-,16?/m1/s1. The van der Waals surface area contributed by atoms with Crippen molar-refractivity contribution in [2.45, 2.75) is 72.5 Å². The first-order chi connectivity index (χ1) is 10.3. The average Bonchev–Trinajstić information content (AvgIpc) is 2.44. The number of esters is 1. The summed E-state index contributed by atoms with van der Waals surface area (Å²) >= 11 is 0. The van der Waals surface area contributed by atoms with Gasteiger partial charge >= 0.3 is 5.97 Å². The van der Waals surface area contributed by atoms with Gasteiger partial charge in [-0.05, 0) is 25.7 Å². The number of amides is 1. The Morgan fingerprint density at radius 3 is 2.36 bits per heavy atom. The predicted molar refractivity (Wildman–Crippen MR) is 82.1 cm³/mol. The number of rotatable bonds is 6. The Hall–Kier alpha value is -1.14. The maximum absolute atomic E-state index is 11.8. The molecule has 1 N–H and O–H groups in total. The van der Waals surface area contributed by atoms with Crippen LogP contribution >= 0.6 is 0 Å². The van der Waals surface area contributed by atoms with E-state index in [1.165, 1.54) is 6.92 Å². The lowest BCUT2D eigenvalue weighted by molar-refractivity contribution is -0.255. The third-order valence-electron chi connectivity index (χ3n) is 4.09. The van der Waals surface area contributed by atoms with E-state index in [1.54, 1.807) is 0 Å². The van der Waals surface area contributed by atoms with Crippen molar-refractivity contribution in [3.8, 4) is 0 Å².